The first kappa shape index (κ1) is 20.2. The van der Waals surface area contributed by atoms with E-state index in [2.05, 4.69) is 0 Å². The van der Waals surface area contributed by atoms with E-state index in [0.29, 0.717) is 25.4 Å². The van der Waals surface area contributed by atoms with Crippen molar-refractivity contribution >= 4 is 11.8 Å². The third-order valence-electron chi connectivity index (χ3n) is 4.81. The Labute approximate surface area is 154 Å². The van der Waals surface area contributed by atoms with E-state index in [4.69, 9.17) is 9.47 Å². The molecule has 0 unspecified atom stereocenters. The second kappa shape index (κ2) is 9.54. The molecule has 0 radical (unpaired) electrons. The molecule has 0 bridgehead atoms. The quantitative estimate of drug-likeness (QED) is 0.709. The Morgan fingerprint density at radius 2 is 2.08 bits per heavy atom. The number of likely N-dealkylation sites (tertiary alicyclic amines) is 1. The Hall–Kier alpha value is -2.12. The largest absolute Gasteiger partial charge is 0.496 e. The maximum atomic E-state index is 13.1. The number of para-hydroxylation sites is 1. The third-order valence-corrected chi connectivity index (χ3v) is 4.81. The number of hydrogen-bond acceptors (Lipinski definition) is 5. The molecule has 0 saturated carbocycles. The molecule has 1 fully saturated rings. The van der Waals surface area contributed by atoms with E-state index in [0.717, 1.165) is 5.56 Å². The number of methoxy groups -OCH3 is 2. The summed E-state index contributed by atoms with van der Waals surface area (Å²) in [6.45, 7) is 3.32. The molecule has 2 atom stereocenters. The van der Waals surface area contributed by atoms with Crippen molar-refractivity contribution in [3.63, 3.8) is 0 Å². The van der Waals surface area contributed by atoms with Gasteiger partial charge in [-0.15, -0.1) is 0 Å². The monoisotopic (exact) mass is 364 g/mol. The van der Waals surface area contributed by atoms with Crippen LogP contribution >= 0.6 is 0 Å². The van der Waals surface area contributed by atoms with E-state index in [-0.39, 0.29) is 31.4 Å². The average Bonchev–Trinajstić information content (AvgIpc) is 2.99. The van der Waals surface area contributed by atoms with Crippen molar-refractivity contribution in [2.75, 3.05) is 47.1 Å². The van der Waals surface area contributed by atoms with Gasteiger partial charge in [0.1, 0.15) is 5.75 Å². The van der Waals surface area contributed by atoms with Gasteiger partial charge in [0.25, 0.3) is 0 Å². The lowest BCUT2D eigenvalue weighted by molar-refractivity contribution is -0.137. The predicted molar refractivity (Wildman–Crippen MR) is 96.8 cm³/mol. The van der Waals surface area contributed by atoms with Gasteiger partial charge in [0.15, 0.2) is 0 Å². The summed E-state index contributed by atoms with van der Waals surface area (Å²) in [7, 11) is 3.16. The summed E-state index contributed by atoms with van der Waals surface area (Å²) in [6.07, 6.45) is 0.146. The van der Waals surface area contributed by atoms with Gasteiger partial charge in [-0.05, 0) is 13.0 Å². The van der Waals surface area contributed by atoms with Crippen molar-refractivity contribution in [2.45, 2.75) is 19.4 Å². The highest BCUT2D eigenvalue weighted by molar-refractivity contribution is 5.90. The standard InChI is InChI=1S/C19H28N2O5/c1-4-20(9-11-22)19(24)15-13-17(23)21(10-12-25-2)18(15)14-7-5-6-8-16(14)26-3/h5-8,15,18,22H,4,9-13H2,1-3H3/t15-,18+/m1/s1. The zero-order valence-electron chi connectivity index (χ0n) is 15.7. The topological polar surface area (TPSA) is 79.3 Å². The molecule has 26 heavy (non-hydrogen) atoms. The van der Waals surface area contributed by atoms with Gasteiger partial charge in [-0.1, -0.05) is 18.2 Å². The highest BCUT2D eigenvalue weighted by atomic mass is 16.5. The summed E-state index contributed by atoms with van der Waals surface area (Å²) < 4.78 is 10.6. The maximum absolute atomic E-state index is 13.1. The van der Waals surface area contributed by atoms with Gasteiger partial charge in [0, 0.05) is 38.7 Å². The molecule has 144 valence electrons. The van der Waals surface area contributed by atoms with Gasteiger partial charge in [-0.3, -0.25) is 9.59 Å². The van der Waals surface area contributed by atoms with Gasteiger partial charge in [0.2, 0.25) is 11.8 Å². The number of rotatable bonds is 9. The summed E-state index contributed by atoms with van der Waals surface area (Å²) in [5, 5.41) is 9.24. The van der Waals surface area contributed by atoms with Crippen molar-refractivity contribution < 1.29 is 24.2 Å². The van der Waals surface area contributed by atoms with Crippen LogP contribution < -0.4 is 4.74 Å². The molecule has 7 nitrogen and oxygen atoms in total. The fourth-order valence-corrected chi connectivity index (χ4v) is 3.54. The van der Waals surface area contributed by atoms with Crippen LogP contribution in [0.3, 0.4) is 0 Å². The van der Waals surface area contributed by atoms with Crippen molar-refractivity contribution in [3.8, 4) is 5.75 Å². The normalized spacial score (nSPS) is 19.7. The molecule has 2 rings (SSSR count). The summed E-state index contributed by atoms with van der Waals surface area (Å²) in [5.41, 5.74) is 0.815. The molecule has 1 saturated heterocycles. The molecular formula is C19H28N2O5. The Bertz CT molecular complexity index is 622. The summed E-state index contributed by atoms with van der Waals surface area (Å²) in [4.78, 5) is 29.0. The number of amides is 2. The van der Waals surface area contributed by atoms with Crippen LogP contribution in [-0.4, -0.2) is 73.8 Å². The second-order valence-electron chi connectivity index (χ2n) is 6.22. The highest BCUT2D eigenvalue weighted by Gasteiger charge is 2.46. The van der Waals surface area contributed by atoms with E-state index >= 15 is 0 Å². The smallest absolute Gasteiger partial charge is 0.228 e. The molecular weight excluding hydrogens is 336 g/mol. The van der Waals surface area contributed by atoms with Crippen molar-refractivity contribution in [1.29, 1.82) is 0 Å². The minimum atomic E-state index is -0.512. The minimum absolute atomic E-state index is 0.0728. The number of nitrogens with zero attached hydrogens (tertiary/aromatic N) is 2. The van der Waals surface area contributed by atoms with Gasteiger partial charge in [-0.2, -0.15) is 0 Å². The number of benzene rings is 1. The number of hydrogen-bond donors (Lipinski definition) is 1. The van der Waals surface area contributed by atoms with Gasteiger partial charge in [0.05, 0.1) is 32.3 Å². The van der Waals surface area contributed by atoms with Gasteiger partial charge >= 0.3 is 0 Å². The third kappa shape index (κ3) is 4.16. The second-order valence-corrected chi connectivity index (χ2v) is 6.22. The Kier molecular flexibility index (Phi) is 7.41. The van der Waals surface area contributed by atoms with E-state index in [1.807, 2.05) is 31.2 Å². The fourth-order valence-electron chi connectivity index (χ4n) is 3.54. The Morgan fingerprint density at radius 1 is 1.35 bits per heavy atom. The lowest BCUT2D eigenvalue weighted by Gasteiger charge is -2.31. The van der Waals surface area contributed by atoms with Crippen LogP contribution in [0.15, 0.2) is 24.3 Å². The van der Waals surface area contributed by atoms with E-state index in [1.165, 1.54) is 0 Å². The van der Waals surface area contributed by atoms with Crippen molar-refractivity contribution in [3.05, 3.63) is 29.8 Å². The van der Waals surface area contributed by atoms with Gasteiger partial charge < -0.3 is 24.4 Å². The first-order chi connectivity index (χ1) is 12.6. The van der Waals surface area contributed by atoms with Crippen LogP contribution in [0.5, 0.6) is 5.75 Å². The van der Waals surface area contributed by atoms with Crippen LogP contribution in [0.2, 0.25) is 0 Å². The first-order valence-corrected chi connectivity index (χ1v) is 8.89. The number of carbonyl (C=O) groups is 2. The van der Waals surface area contributed by atoms with Crippen LogP contribution in [0.25, 0.3) is 0 Å². The van der Waals surface area contributed by atoms with Gasteiger partial charge in [-0.25, -0.2) is 0 Å². The number of likely N-dealkylation sites (N-methyl/N-ethyl adjacent to an activating group) is 1. The molecule has 1 aromatic carbocycles. The van der Waals surface area contributed by atoms with Crippen molar-refractivity contribution in [1.82, 2.24) is 9.80 Å². The van der Waals surface area contributed by atoms with Crippen LogP contribution in [-0.2, 0) is 14.3 Å². The lowest BCUT2D eigenvalue weighted by atomic mass is 9.91. The molecule has 1 N–H and O–H groups in total. The lowest BCUT2D eigenvalue weighted by Crippen LogP contribution is -2.40. The molecule has 0 aromatic heterocycles. The molecule has 1 aliphatic rings. The molecule has 0 aliphatic carbocycles. The number of ether oxygens (including phenoxy) is 2. The Balaban J connectivity index is 2.42. The zero-order chi connectivity index (χ0) is 19.1. The summed E-state index contributed by atoms with van der Waals surface area (Å²) >= 11 is 0. The molecule has 1 heterocycles. The predicted octanol–water partition coefficient (Wildman–Crippen LogP) is 1.07. The van der Waals surface area contributed by atoms with E-state index in [1.54, 1.807) is 24.0 Å². The summed E-state index contributed by atoms with van der Waals surface area (Å²) in [6, 6.07) is 7.06. The number of aliphatic hydroxyl groups is 1. The summed E-state index contributed by atoms with van der Waals surface area (Å²) in [5.74, 6) is -0.0538. The average molecular weight is 364 g/mol. The Morgan fingerprint density at radius 3 is 2.69 bits per heavy atom. The molecule has 7 heteroatoms. The fraction of sp³-hybridized carbons (Fsp3) is 0.579. The molecule has 1 aliphatic heterocycles. The maximum Gasteiger partial charge on any atom is 0.228 e. The van der Waals surface area contributed by atoms with E-state index < -0.39 is 12.0 Å². The molecule has 2 amide bonds. The van der Waals surface area contributed by atoms with Crippen LogP contribution in [0.4, 0.5) is 0 Å². The number of carbonyl (C=O) groups excluding carboxylic acids is 2. The van der Waals surface area contributed by atoms with Crippen LogP contribution in [0, 0.1) is 5.92 Å². The van der Waals surface area contributed by atoms with Crippen LogP contribution in [0.1, 0.15) is 24.9 Å². The molecule has 0 spiro atoms. The molecule has 1 aromatic rings. The highest BCUT2D eigenvalue weighted by Crippen LogP contribution is 2.42. The zero-order valence-corrected chi connectivity index (χ0v) is 15.7. The van der Waals surface area contributed by atoms with Crippen molar-refractivity contribution in [2.24, 2.45) is 5.92 Å². The van der Waals surface area contributed by atoms with E-state index in [9.17, 15) is 14.7 Å². The minimum Gasteiger partial charge on any atom is -0.496 e. The first-order valence-electron chi connectivity index (χ1n) is 8.89. The SMILES string of the molecule is CCN(CCO)C(=O)[C@@H]1CC(=O)N(CCOC)[C@H]1c1ccccc1OC. The number of aliphatic hydroxyl groups excluding tert-OH is 1.